The number of carboxylic acids is 1. The molecule has 94 valence electrons. The van der Waals surface area contributed by atoms with E-state index in [0.717, 1.165) is 0 Å². The molecule has 0 unspecified atom stereocenters. The maximum Gasteiger partial charge on any atom is 0.354 e. The molecule has 0 radical (unpaired) electrons. The molecule has 19 heavy (non-hydrogen) atoms. The summed E-state index contributed by atoms with van der Waals surface area (Å²) in [6, 6.07) is 5.99. The number of nitro groups is 1. The highest BCUT2D eigenvalue weighted by Gasteiger charge is 2.17. The summed E-state index contributed by atoms with van der Waals surface area (Å²) in [6.07, 6.45) is 1.36. The summed E-state index contributed by atoms with van der Waals surface area (Å²) in [6.45, 7) is 0. The number of H-pyrrole nitrogens is 1. The number of aromatic nitrogens is 2. The topological polar surface area (TPSA) is 109 Å². The number of fused-ring (bicyclic) bond motifs is 3. The molecule has 0 aliphatic rings. The Hall–Kier alpha value is -2.96. The van der Waals surface area contributed by atoms with Crippen LogP contribution in [0, 0.1) is 10.1 Å². The van der Waals surface area contributed by atoms with Crippen LogP contribution in [0.1, 0.15) is 10.5 Å². The smallest absolute Gasteiger partial charge is 0.354 e. The number of aromatic amines is 1. The van der Waals surface area contributed by atoms with Crippen molar-refractivity contribution in [1.82, 2.24) is 9.97 Å². The zero-order valence-corrected chi connectivity index (χ0v) is 9.45. The van der Waals surface area contributed by atoms with E-state index in [1.165, 1.54) is 18.3 Å². The number of hydrogen-bond donors (Lipinski definition) is 2. The highest BCUT2D eigenvalue weighted by molar-refractivity contribution is 6.12. The molecule has 0 atom stereocenters. The van der Waals surface area contributed by atoms with Gasteiger partial charge in [-0.15, -0.1) is 0 Å². The summed E-state index contributed by atoms with van der Waals surface area (Å²) in [7, 11) is 0. The van der Waals surface area contributed by atoms with E-state index in [9.17, 15) is 14.9 Å². The number of nitrogens with one attached hydrogen (secondary N) is 1. The first kappa shape index (κ1) is 11.1. The molecule has 0 fully saturated rings. The molecule has 1 aromatic carbocycles. The molecule has 0 amide bonds. The molecule has 3 rings (SSSR count). The van der Waals surface area contributed by atoms with Crippen LogP contribution in [0.4, 0.5) is 5.69 Å². The highest BCUT2D eigenvalue weighted by Crippen LogP contribution is 2.32. The van der Waals surface area contributed by atoms with Gasteiger partial charge in [0.2, 0.25) is 0 Å². The predicted molar refractivity (Wildman–Crippen MR) is 67.2 cm³/mol. The van der Waals surface area contributed by atoms with Gasteiger partial charge in [0.1, 0.15) is 5.69 Å². The molecular weight excluding hydrogens is 250 g/mol. The minimum Gasteiger partial charge on any atom is -0.477 e. The van der Waals surface area contributed by atoms with E-state index in [1.54, 1.807) is 12.1 Å². The molecule has 0 spiro atoms. The number of hydrogen-bond acceptors (Lipinski definition) is 4. The van der Waals surface area contributed by atoms with Crippen molar-refractivity contribution >= 4 is 33.5 Å². The van der Waals surface area contributed by atoms with Crippen LogP contribution in [-0.2, 0) is 0 Å². The van der Waals surface area contributed by atoms with E-state index in [-0.39, 0.29) is 11.4 Å². The number of benzene rings is 1. The third-order valence-corrected chi connectivity index (χ3v) is 2.90. The van der Waals surface area contributed by atoms with Gasteiger partial charge in [-0.25, -0.2) is 9.78 Å². The number of non-ortho nitro benzene ring substituents is 1. The van der Waals surface area contributed by atoms with Crippen LogP contribution in [0.5, 0.6) is 0 Å². The standard InChI is InChI=1S/C12H7N3O4/c16-12(17)8-4-6-9(5-13-8)14-7-2-1-3-10(11(6)7)15(18)19/h1-5,14H,(H,16,17). The maximum absolute atomic E-state index is 11.0. The lowest BCUT2D eigenvalue weighted by Gasteiger charge is -1.96. The van der Waals surface area contributed by atoms with Gasteiger partial charge in [-0.05, 0) is 12.1 Å². The third-order valence-electron chi connectivity index (χ3n) is 2.90. The Bertz CT molecular complexity index is 837. The van der Waals surface area contributed by atoms with Crippen molar-refractivity contribution in [3.05, 3.63) is 46.3 Å². The average Bonchev–Trinajstić information content (AvgIpc) is 2.75. The number of aromatic carboxylic acids is 1. The van der Waals surface area contributed by atoms with Crippen molar-refractivity contribution in [3.63, 3.8) is 0 Å². The molecule has 2 aromatic heterocycles. The molecule has 3 aromatic rings. The van der Waals surface area contributed by atoms with E-state index in [2.05, 4.69) is 9.97 Å². The fraction of sp³-hybridized carbons (Fsp3) is 0. The second-order valence-electron chi connectivity index (χ2n) is 4.00. The summed E-state index contributed by atoms with van der Waals surface area (Å²) in [5.74, 6) is -1.17. The predicted octanol–water partition coefficient (Wildman–Crippen LogP) is 2.32. The lowest BCUT2D eigenvalue weighted by atomic mass is 10.1. The first-order valence-electron chi connectivity index (χ1n) is 5.36. The Morgan fingerprint density at radius 3 is 2.84 bits per heavy atom. The normalized spacial score (nSPS) is 10.9. The fourth-order valence-electron chi connectivity index (χ4n) is 2.10. The lowest BCUT2D eigenvalue weighted by molar-refractivity contribution is -0.383. The summed E-state index contributed by atoms with van der Waals surface area (Å²) >= 11 is 0. The Morgan fingerprint density at radius 2 is 2.16 bits per heavy atom. The molecule has 0 saturated heterocycles. The minimum absolute atomic E-state index is 0.0636. The second-order valence-corrected chi connectivity index (χ2v) is 4.00. The molecule has 2 N–H and O–H groups in total. The Morgan fingerprint density at radius 1 is 1.37 bits per heavy atom. The van der Waals surface area contributed by atoms with Gasteiger partial charge in [0.15, 0.2) is 0 Å². The Labute approximate surface area is 105 Å². The van der Waals surface area contributed by atoms with Crippen LogP contribution >= 0.6 is 0 Å². The van der Waals surface area contributed by atoms with Crippen LogP contribution in [0.15, 0.2) is 30.5 Å². The monoisotopic (exact) mass is 257 g/mol. The van der Waals surface area contributed by atoms with Crippen molar-refractivity contribution in [3.8, 4) is 0 Å². The van der Waals surface area contributed by atoms with Crippen molar-refractivity contribution in [1.29, 1.82) is 0 Å². The molecule has 0 bridgehead atoms. The molecule has 0 saturated carbocycles. The molecule has 7 nitrogen and oxygen atoms in total. The summed E-state index contributed by atoms with van der Waals surface area (Å²) in [5, 5.41) is 20.8. The largest absolute Gasteiger partial charge is 0.477 e. The van der Waals surface area contributed by atoms with E-state index >= 15 is 0 Å². The van der Waals surface area contributed by atoms with Crippen molar-refractivity contribution in [2.45, 2.75) is 0 Å². The SMILES string of the molecule is O=C(O)c1cc2c(cn1)[nH]c1cccc([N+](=O)[O-])c12. The maximum atomic E-state index is 11.0. The van der Waals surface area contributed by atoms with Crippen LogP contribution in [0.2, 0.25) is 0 Å². The minimum atomic E-state index is -1.17. The lowest BCUT2D eigenvalue weighted by Crippen LogP contribution is -1.98. The zero-order chi connectivity index (χ0) is 13.6. The van der Waals surface area contributed by atoms with Crippen molar-refractivity contribution < 1.29 is 14.8 Å². The van der Waals surface area contributed by atoms with E-state index in [4.69, 9.17) is 5.11 Å². The molecule has 7 heteroatoms. The number of carboxylic acid groups (broad SMARTS) is 1. The van der Waals surface area contributed by atoms with Crippen molar-refractivity contribution in [2.24, 2.45) is 0 Å². The number of carbonyl (C=O) groups is 1. The van der Waals surface area contributed by atoms with E-state index < -0.39 is 10.9 Å². The Balaban J connectivity index is 2.48. The average molecular weight is 257 g/mol. The number of nitrogens with zero attached hydrogens (tertiary/aromatic N) is 2. The molecule has 0 aliphatic carbocycles. The first-order valence-corrected chi connectivity index (χ1v) is 5.36. The van der Waals surface area contributed by atoms with Crippen LogP contribution in [0.3, 0.4) is 0 Å². The van der Waals surface area contributed by atoms with Gasteiger partial charge < -0.3 is 10.1 Å². The van der Waals surface area contributed by atoms with E-state index in [1.807, 2.05) is 0 Å². The second kappa shape index (κ2) is 3.77. The highest BCUT2D eigenvalue weighted by atomic mass is 16.6. The summed E-state index contributed by atoms with van der Waals surface area (Å²) in [5.41, 5.74) is 0.931. The first-order chi connectivity index (χ1) is 9.08. The summed E-state index contributed by atoms with van der Waals surface area (Å²) < 4.78 is 0. The van der Waals surface area contributed by atoms with Crippen LogP contribution in [0.25, 0.3) is 21.8 Å². The van der Waals surface area contributed by atoms with Gasteiger partial charge in [0.25, 0.3) is 5.69 Å². The van der Waals surface area contributed by atoms with Gasteiger partial charge in [0.05, 0.1) is 27.5 Å². The molecular formula is C12H7N3O4. The summed E-state index contributed by atoms with van der Waals surface area (Å²) in [4.78, 5) is 28.2. The number of pyridine rings is 1. The fourth-order valence-corrected chi connectivity index (χ4v) is 2.10. The van der Waals surface area contributed by atoms with Crippen molar-refractivity contribution in [2.75, 3.05) is 0 Å². The van der Waals surface area contributed by atoms with Gasteiger partial charge >= 0.3 is 5.97 Å². The van der Waals surface area contributed by atoms with E-state index in [0.29, 0.717) is 21.8 Å². The molecule has 0 aliphatic heterocycles. The zero-order valence-electron chi connectivity index (χ0n) is 9.45. The van der Waals surface area contributed by atoms with Gasteiger partial charge in [0, 0.05) is 11.5 Å². The van der Waals surface area contributed by atoms with Gasteiger partial charge in [-0.2, -0.15) is 0 Å². The third kappa shape index (κ3) is 1.60. The number of rotatable bonds is 2. The van der Waals surface area contributed by atoms with Crippen LogP contribution < -0.4 is 0 Å². The van der Waals surface area contributed by atoms with Gasteiger partial charge in [-0.3, -0.25) is 10.1 Å². The number of nitro benzene ring substituents is 1. The van der Waals surface area contributed by atoms with Gasteiger partial charge in [-0.1, -0.05) is 6.07 Å². The van der Waals surface area contributed by atoms with Crippen LogP contribution in [-0.4, -0.2) is 26.0 Å². The molecule has 2 heterocycles. The quantitative estimate of drug-likeness (QED) is 0.540. The Kier molecular flexibility index (Phi) is 2.21.